The van der Waals surface area contributed by atoms with Crippen molar-refractivity contribution in [2.75, 3.05) is 17.2 Å². The monoisotopic (exact) mass is 328 g/mol. The van der Waals surface area contributed by atoms with Crippen LogP contribution in [-0.4, -0.2) is 12.5 Å². The third-order valence-electron chi connectivity index (χ3n) is 2.50. The lowest BCUT2D eigenvalue weighted by Gasteiger charge is -2.11. The van der Waals surface area contributed by atoms with Crippen molar-refractivity contribution in [3.05, 3.63) is 57.5 Å². The molecule has 0 saturated carbocycles. The standard InChI is InChI=1S/C14H11Cl3N2O/c15-9-6-11(16)14(12(17)7-9)19-13(20)8-18-10-4-2-1-3-5-10/h1-7,18H,8H2,(H,19,20). The molecule has 104 valence electrons. The van der Waals surface area contributed by atoms with E-state index in [1.165, 1.54) is 12.1 Å². The molecule has 0 fully saturated rings. The van der Waals surface area contributed by atoms with Crippen LogP contribution in [0.2, 0.25) is 15.1 Å². The zero-order valence-electron chi connectivity index (χ0n) is 10.3. The summed E-state index contributed by atoms with van der Waals surface area (Å²) in [4.78, 5) is 11.9. The van der Waals surface area contributed by atoms with Crippen LogP contribution in [0.1, 0.15) is 0 Å². The van der Waals surface area contributed by atoms with Crippen molar-refractivity contribution < 1.29 is 4.79 Å². The highest BCUT2D eigenvalue weighted by atomic mass is 35.5. The molecule has 0 aromatic heterocycles. The molecule has 0 radical (unpaired) electrons. The third kappa shape index (κ3) is 4.04. The lowest BCUT2D eigenvalue weighted by Crippen LogP contribution is -2.22. The summed E-state index contributed by atoms with van der Waals surface area (Å²) in [5.41, 5.74) is 1.22. The van der Waals surface area contributed by atoms with Crippen LogP contribution < -0.4 is 10.6 Å². The van der Waals surface area contributed by atoms with Gasteiger partial charge in [0.15, 0.2) is 0 Å². The summed E-state index contributed by atoms with van der Waals surface area (Å²) in [6.45, 7) is 0.110. The summed E-state index contributed by atoms with van der Waals surface area (Å²) in [6, 6.07) is 12.5. The van der Waals surface area contributed by atoms with Gasteiger partial charge in [-0.05, 0) is 24.3 Å². The first-order valence-electron chi connectivity index (χ1n) is 5.79. The molecule has 0 unspecified atom stereocenters. The lowest BCUT2D eigenvalue weighted by atomic mass is 10.3. The van der Waals surface area contributed by atoms with Gasteiger partial charge < -0.3 is 10.6 Å². The number of nitrogens with one attached hydrogen (secondary N) is 2. The molecule has 0 heterocycles. The number of rotatable bonds is 4. The minimum atomic E-state index is -0.250. The number of anilines is 2. The Morgan fingerprint density at radius 1 is 1.00 bits per heavy atom. The molecular weight excluding hydrogens is 319 g/mol. The second-order valence-corrected chi connectivity index (χ2v) is 5.26. The van der Waals surface area contributed by atoms with E-state index in [9.17, 15) is 4.79 Å². The van der Waals surface area contributed by atoms with E-state index in [2.05, 4.69) is 10.6 Å². The first-order valence-corrected chi connectivity index (χ1v) is 6.93. The number of carbonyl (C=O) groups excluding carboxylic acids is 1. The number of amides is 1. The second-order valence-electron chi connectivity index (χ2n) is 4.01. The van der Waals surface area contributed by atoms with E-state index in [0.717, 1.165) is 5.69 Å². The summed E-state index contributed by atoms with van der Waals surface area (Å²) >= 11 is 17.8. The Bertz CT molecular complexity index is 594. The molecule has 0 bridgehead atoms. The predicted octanol–water partition coefficient (Wildman–Crippen LogP) is 4.70. The average molecular weight is 330 g/mol. The molecule has 6 heteroatoms. The molecule has 1 amide bonds. The van der Waals surface area contributed by atoms with Crippen LogP contribution in [0.15, 0.2) is 42.5 Å². The van der Waals surface area contributed by atoms with Gasteiger partial charge in [-0.2, -0.15) is 0 Å². The van der Waals surface area contributed by atoms with Crippen molar-refractivity contribution in [3.8, 4) is 0 Å². The van der Waals surface area contributed by atoms with Crippen LogP contribution in [0.5, 0.6) is 0 Å². The maximum absolute atomic E-state index is 11.9. The number of para-hydroxylation sites is 1. The SMILES string of the molecule is O=C(CNc1ccccc1)Nc1c(Cl)cc(Cl)cc1Cl. The van der Waals surface area contributed by atoms with Crippen molar-refractivity contribution in [1.82, 2.24) is 0 Å². The number of halogens is 3. The fourth-order valence-corrected chi connectivity index (χ4v) is 2.50. The maximum atomic E-state index is 11.9. The smallest absolute Gasteiger partial charge is 0.243 e. The van der Waals surface area contributed by atoms with Crippen molar-refractivity contribution in [2.24, 2.45) is 0 Å². The molecule has 2 aromatic carbocycles. The second kappa shape index (κ2) is 6.84. The molecule has 0 aliphatic heterocycles. The topological polar surface area (TPSA) is 41.1 Å². The molecule has 0 aliphatic rings. The van der Waals surface area contributed by atoms with Gasteiger partial charge in [0.05, 0.1) is 22.3 Å². The van der Waals surface area contributed by atoms with E-state index in [1.807, 2.05) is 30.3 Å². The first-order chi connectivity index (χ1) is 9.56. The van der Waals surface area contributed by atoms with Gasteiger partial charge in [0.25, 0.3) is 0 Å². The van der Waals surface area contributed by atoms with Crippen LogP contribution in [0.25, 0.3) is 0 Å². The Morgan fingerprint density at radius 2 is 1.60 bits per heavy atom. The van der Waals surface area contributed by atoms with Crippen molar-refractivity contribution in [2.45, 2.75) is 0 Å². The first kappa shape index (κ1) is 15.0. The van der Waals surface area contributed by atoms with E-state index in [-0.39, 0.29) is 12.5 Å². The number of hydrogen-bond acceptors (Lipinski definition) is 2. The van der Waals surface area contributed by atoms with Crippen LogP contribution in [0.3, 0.4) is 0 Å². The molecule has 0 aliphatic carbocycles. The van der Waals surface area contributed by atoms with Gasteiger partial charge >= 0.3 is 0 Å². The molecule has 2 rings (SSSR count). The van der Waals surface area contributed by atoms with E-state index in [4.69, 9.17) is 34.8 Å². The summed E-state index contributed by atoms with van der Waals surface area (Å²) < 4.78 is 0. The molecule has 2 N–H and O–H groups in total. The molecule has 0 saturated heterocycles. The number of benzene rings is 2. The Morgan fingerprint density at radius 3 is 2.20 bits per heavy atom. The molecule has 0 atom stereocenters. The summed E-state index contributed by atoms with van der Waals surface area (Å²) in [5, 5.41) is 6.66. The largest absolute Gasteiger partial charge is 0.376 e. The van der Waals surface area contributed by atoms with Gasteiger partial charge in [-0.3, -0.25) is 4.79 Å². The van der Waals surface area contributed by atoms with E-state index >= 15 is 0 Å². The Kier molecular flexibility index (Phi) is 5.12. The van der Waals surface area contributed by atoms with Crippen molar-refractivity contribution in [1.29, 1.82) is 0 Å². The number of carbonyl (C=O) groups is 1. The Balaban J connectivity index is 1.98. The van der Waals surface area contributed by atoms with Gasteiger partial charge in [-0.1, -0.05) is 53.0 Å². The zero-order chi connectivity index (χ0) is 14.5. The molecular formula is C14H11Cl3N2O. The van der Waals surface area contributed by atoms with Crippen molar-refractivity contribution >= 4 is 52.1 Å². The normalized spacial score (nSPS) is 10.2. The van der Waals surface area contributed by atoms with E-state index < -0.39 is 0 Å². The Labute approximate surface area is 131 Å². The molecule has 3 nitrogen and oxygen atoms in total. The van der Waals surface area contributed by atoms with Gasteiger partial charge in [0.2, 0.25) is 5.91 Å². The van der Waals surface area contributed by atoms with Gasteiger partial charge in [0, 0.05) is 10.7 Å². The highest BCUT2D eigenvalue weighted by molar-refractivity contribution is 6.42. The van der Waals surface area contributed by atoms with Crippen LogP contribution in [0.4, 0.5) is 11.4 Å². The predicted molar refractivity (Wildman–Crippen MR) is 85.0 cm³/mol. The number of hydrogen-bond donors (Lipinski definition) is 2. The summed E-state index contributed by atoms with van der Waals surface area (Å²) in [7, 11) is 0. The molecule has 2 aromatic rings. The highest BCUT2D eigenvalue weighted by Gasteiger charge is 2.11. The lowest BCUT2D eigenvalue weighted by molar-refractivity contribution is -0.114. The highest BCUT2D eigenvalue weighted by Crippen LogP contribution is 2.33. The molecule has 20 heavy (non-hydrogen) atoms. The van der Waals surface area contributed by atoms with Gasteiger partial charge in [-0.15, -0.1) is 0 Å². The fraction of sp³-hybridized carbons (Fsp3) is 0.0714. The van der Waals surface area contributed by atoms with Gasteiger partial charge in [-0.25, -0.2) is 0 Å². The summed E-state index contributed by atoms with van der Waals surface area (Å²) in [6.07, 6.45) is 0. The third-order valence-corrected chi connectivity index (χ3v) is 3.31. The maximum Gasteiger partial charge on any atom is 0.243 e. The fourth-order valence-electron chi connectivity index (χ4n) is 1.58. The quantitative estimate of drug-likeness (QED) is 0.854. The minimum absolute atomic E-state index is 0.110. The average Bonchev–Trinajstić information content (AvgIpc) is 2.42. The minimum Gasteiger partial charge on any atom is -0.376 e. The van der Waals surface area contributed by atoms with E-state index in [0.29, 0.717) is 20.8 Å². The van der Waals surface area contributed by atoms with Crippen LogP contribution in [0, 0.1) is 0 Å². The zero-order valence-corrected chi connectivity index (χ0v) is 12.6. The van der Waals surface area contributed by atoms with Crippen molar-refractivity contribution in [3.63, 3.8) is 0 Å². The van der Waals surface area contributed by atoms with E-state index in [1.54, 1.807) is 0 Å². The Hall–Kier alpha value is -1.42. The van der Waals surface area contributed by atoms with Crippen LogP contribution in [-0.2, 0) is 4.79 Å². The molecule has 0 spiro atoms. The van der Waals surface area contributed by atoms with Gasteiger partial charge in [0.1, 0.15) is 0 Å². The summed E-state index contributed by atoms with van der Waals surface area (Å²) in [5.74, 6) is -0.250. The van der Waals surface area contributed by atoms with Crippen LogP contribution >= 0.6 is 34.8 Å².